The monoisotopic (exact) mass is 120 g/mol. The molecule has 6 heteroatoms. The van der Waals surface area contributed by atoms with Crippen LogP contribution in [0.15, 0.2) is 0 Å². The van der Waals surface area contributed by atoms with E-state index in [1.807, 2.05) is 0 Å². The van der Waals surface area contributed by atoms with Crippen LogP contribution >= 0.6 is 0 Å². The van der Waals surface area contributed by atoms with E-state index in [1.165, 1.54) is 0 Å². The molecule has 0 atom stereocenters. The maximum Gasteiger partial charge on any atom is 0.162 e. The van der Waals surface area contributed by atoms with Gasteiger partial charge >= 0.3 is 0 Å². The molecule has 12 N–H and O–H groups in total. The summed E-state index contributed by atoms with van der Waals surface area (Å²) in [5.41, 5.74) is 30.0. The zero-order valence-corrected chi connectivity index (χ0v) is 4.46. The van der Waals surface area contributed by atoms with Crippen LogP contribution in [0.1, 0.15) is 0 Å². The third-order valence-electron chi connectivity index (χ3n) is 0.750. The standard InChI is InChI=1S/C2H12N6/c3-1(4,5)2(6,7)8/h3-8H2. The largest absolute Gasteiger partial charge is 0.297 e. The Balaban J connectivity index is 4.02. The highest BCUT2D eigenvalue weighted by Crippen LogP contribution is 1.85. The SMILES string of the molecule is NC(N)(N)C(N)(N)N. The number of hydrogen-bond donors (Lipinski definition) is 6. The fourth-order valence-electron chi connectivity index (χ4n) is 0. The molecule has 0 aromatic heterocycles. The van der Waals surface area contributed by atoms with Gasteiger partial charge in [0.2, 0.25) is 0 Å². The van der Waals surface area contributed by atoms with E-state index in [4.69, 9.17) is 34.4 Å². The molecule has 0 amide bonds. The van der Waals surface area contributed by atoms with Crippen molar-refractivity contribution in [2.75, 3.05) is 0 Å². The van der Waals surface area contributed by atoms with Crippen LogP contribution in [0.4, 0.5) is 0 Å². The van der Waals surface area contributed by atoms with Crippen molar-refractivity contribution in [3.63, 3.8) is 0 Å². The maximum atomic E-state index is 4.99. The molecule has 0 spiro atoms. The molecule has 0 aliphatic heterocycles. The third-order valence-corrected chi connectivity index (χ3v) is 0.750. The van der Waals surface area contributed by atoms with E-state index in [0.717, 1.165) is 0 Å². The van der Waals surface area contributed by atoms with Crippen LogP contribution in [0.25, 0.3) is 0 Å². The minimum atomic E-state index is -1.73. The smallest absolute Gasteiger partial charge is 0.162 e. The number of hydrogen-bond acceptors (Lipinski definition) is 6. The molecule has 0 unspecified atom stereocenters. The average Bonchev–Trinajstić information content (AvgIpc) is 1.25. The first-order valence-electron chi connectivity index (χ1n) is 1.98. The molecule has 0 rings (SSSR count). The van der Waals surface area contributed by atoms with Crippen LogP contribution in [0.2, 0.25) is 0 Å². The summed E-state index contributed by atoms with van der Waals surface area (Å²) >= 11 is 0. The van der Waals surface area contributed by atoms with Gasteiger partial charge in [-0.1, -0.05) is 0 Å². The van der Waals surface area contributed by atoms with Gasteiger partial charge in [-0.2, -0.15) is 0 Å². The molecule has 0 aromatic carbocycles. The molecule has 50 valence electrons. The maximum absolute atomic E-state index is 4.99. The second kappa shape index (κ2) is 1.62. The zero-order valence-electron chi connectivity index (χ0n) is 4.46. The summed E-state index contributed by atoms with van der Waals surface area (Å²) in [5.74, 6) is -3.46. The fourth-order valence-corrected chi connectivity index (χ4v) is 0. The minimum absolute atomic E-state index is 1.73. The Morgan fingerprint density at radius 2 is 0.625 bits per heavy atom. The predicted octanol–water partition coefficient (Wildman–Crippen LogP) is -3.95. The lowest BCUT2D eigenvalue weighted by Gasteiger charge is -2.32. The molecule has 6 nitrogen and oxygen atoms in total. The van der Waals surface area contributed by atoms with Gasteiger partial charge < -0.3 is 0 Å². The van der Waals surface area contributed by atoms with E-state index in [-0.39, 0.29) is 0 Å². The van der Waals surface area contributed by atoms with E-state index >= 15 is 0 Å². The van der Waals surface area contributed by atoms with Gasteiger partial charge in [0.1, 0.15) is 0 Å². The van der Waals surface area contributed by atoms with Crippen molar-refractivity contribution in [1.29, 1.82) is 0 Å². The summed E-state index contributed by atoms with van der Waals surface area (Å²) in [7, 11) is 0. The van der Waals surface area contributed by atoms with Crippen molar-refractivity contribution in [3.05, 3.63) is 0 Å². The van der Waals surface area contributed by atoms with Crippen LogP contribution in [0.3, 0.4) is 0 Å². The van der Waals surface area contributed by atoms with Crippen LogP contribution in [-0.4, -0.2) is 11.6 Å². The third kappa shape index (κ3) is 1.70. The molecule has 0 bridgehead atoms. The number of nitrogens with two attached hydrogens (primary N) is 6. The lowest BCUT2D eigenvalue weighted by atomic mass is 10.2. The van der Waals surface area contributed by atoms with Gasteiger partial charge in [-0.3, -0.25) is 34.4 Å². The van der Waals surface area contributed by atoms with Crippen molar-refractivity contribution in [2.24, 2.45) is 34.4 Å². The lowest BCUT2D eigenvalue weighted by molar-refractivity contribution is 0.246. The highest BCUT2D eigenvalue weighted by atomic mass is 15.3. The van der Waals surface area contributed by atoms with Gasteiger partial charge in [-0.15, -0.1) is 0 Å². The molecule has 0 saturated carbocycles. The van der Waals surface area contributed by atoms with Crippen LogP contribution in [0.5, 0.6) is 0 Å². The second-order valence-electron chi connectivity index (χ2n) is 1.87. The van der Waals surface area contributed by atoms with E-state index < -0.39 is 11.6 Å². The van der Waals surface area contributed by atoms with Gasteiger partial charge in [0.15, 0.2) is 11.6 Å². The molecule has 0 aliphatic rings. The Morgan fingerprint density at radius 1 is 0.500 bits per heavy atom. The van der Waals surface area contributed by atoms with Gasteiger partial charge in [0.05, 0.1) is 0 Å². The van der Waals surface area contributed by atoms with Crippen molar-refractivity contribution < 1.29 is 0 Å². The average molecular weight is 120 g/mol. The quantitative estimate of drug-likeness (QED) is 0.194. The van der Waals surface area contributed by atoms with Gasteiger partial charge in [-0.05, 0) is 0 Å². The predicted molar refractivity (Wildman–Crippen MR) is 30.6 cm³/mol. The first kappa shape index (κ1) is 7.76. The highest BCUT2D eigenvalue weighted by Gasteiger charge is 2.31. The Bertz CT molecular complexity index is 61.5. The van der Waals surface area contributed by atoms with E-state index in [1.54, 1.807) is 0 Å². The Hall–Kier alpha value is -0.240. The Kier molecular flexibility index (Phi) is 1.57. The summed E-state index contributed by atoms with van der Waals surface area (Å²) < 4.78 is 0. The van der Waals surface area contributed by atoms with Gasteiger partial charge in [0.25, 0.3) is 0 Å². The van der Waals surface area contributed by atoms with Crippen molar-refractivity contribution in [1.82, 2.24) is 0 Å². The first-order valence-corrected chi connectivity index (χ1v) is 1.98. The summed E-state index contributed by atoms with van der Waals surface area (Å²) in [6, 6.07) is 0. The first-order chi connectivity index (χ1) is 3.25. The van der Waals surface area contributed by atoms with Crippen LogP contribution in [0, 0.1) is 0 Å². The topological polar surface area (TPSA) is 156 Å². The molecule has 0 radical (unpaired) electrons. The molecule has 0 saturated heterocycles. The minimum Gasteiger partial charge on any atom is -0.297 e. The van der Waals surface area contributed by atoms with E-state index in [2.05, 4.69) is 0 Å². The van der Waals surface area contributed by atoms with Crippen molar-refractivity contribution in [2.45, 2.75) is 11.6 Å². The highest BCUT2D eigenvalue weighted by molar-refractivity contribution is 4.88. The summed E-state index contributed by atoms with van der Waals surface area (Å²) in [4.78, 5) is 0. The summed E-state index contributed by atoms with van der Waals surface area (Å²) in [6.45, 7) is 0. The number of rotatable bonds is 1. The normalized spacial score (nSPS) is 14.2. The molecular formula is C2H12N6. The van der Waals surface area contributed by atoms with E-state index in [0.29, 0.717) is 0 Å². The zero-order chi connectivity index (χ0) is 7.00. The van der Waals surface area contributed by atoms with Crippen LogP contribution in [-0.2, 0) is 0 Å². The van der Waals surface area contributed by atoms with Gasteiger partial charge in [0, 0.05) is 0 Å². The second-order valence-corrected chi connectivity index (χ2v) is 1.87. The molecular weight excluding hydrogens is 108 g/mol. The molecule has 0 aromatic rings. The molecule has 8 heavy (non-hydrogen) atoms. The summed E-state index contributed by atoms with van der Waals surface area (Å²) in [5, 5.41) is 0. The Labute approximate surface area is 47.1 Å². The van der Waals surface area contributed by atoms with Crippen LogP contribution < -0.4 is 34.4 Å². The van der Waals surface area contributed by atoms with Crippen molar-refractivity contribution in [3.8, 4) is 0 Å². The van der Waals surface area contributed by atoms with Gasteiger partial charge in [-0.25, -0.2) is 0 Å². The van der Waals surface area contributed by atoms with E-state index in [9.17, 15) is 0 Å². The lowest BCUT2D eigenvalue weighted by Crippen LogP contribution is -2.85. The molecule has 0 fully saturated rings. The van der Waals surface area contributed by atoms with Crippen molar-refractivity contribution >= 4 is 0 Å². The molecule has 0 heterocycles. The Morgan fingerprint density at radius 3 is 0.625 bits per heavy atom. The summed E-state index contributed by atoms with van der Waals surface area (Å²) in [6.07, 6.45) is 0. The fraction of sp³-hybridized carbons (Fsp3) is 1.00. The molecule has 0 aliphatic carbocycles.